The molecule has 26 heteroatoms. The van der Waals surface area contributed by atoms with E-state index in [1.807, 2.05) is 0 Å². The molecule has 2 aliphatic carbocycles. The van der Waals surface area contributed by atoms with Gasteiger partial charge in [-0.1, -0.05) is 32.5 Å². The van der Waals surface area contributed by atoms with Crippen LogP contribution in [0.25, 0.3) is 52.2 Å². The zero-order valence-corrected chi connectivity index (χ0v) is 27.7. The van der Waals surface area contributed by atoms with Crippen molar-refractivity contribution in [2.45, 2.75) is 143 Å². The summed E-state index contributed by atoms with van der Waals surface area (Å²) in [4.78, 5) is 13.8. The molecular weight excluding hydrogens is 698 g/mol. The molecule has 5 fully saturated rings. The van der Waals surface area contributed by atoms with Crippen molar-refractivity contribution in [3.8, 4) is 0 Å². The van der Waals surface area contributed by atoms with E-state index < -0.39 is 111 Å². The molecule has 284 valence electrons. The monoisotopic (exact) mass is 737 g/mol. The lowest BCUT2D eigenvalue weighted by Gasteiger charge is -2.46. The second kappa shape index (κ2) is 17.3. The zero-order chi connectivity index (χ0) is 37.6. The first-order valence-corrected chi connectivity index (χ1v) is 16.5. The maximum absolute atomic E-state index is 11.5. The van der Waals surface area contributed by atoms with Crippen LogP contribution in [0.2, 0.25) is 0 Å². The van der Waals surface area contributed by atoms with Gasteiger partial charge < -0.3 is 54.0 Å². The van der Waals surface area contributed by atoms with Crippen LogP contribution in [-0.4, -0.2) is 143 Å². The number of rotatable bonds is 14. The number of hydrogen-bond donors (Lipinski definition) is 5. The molecule has 0 aromatic heterocycles. The Labute approximate surface area is 293 Å². The molecule has 3 aliphatic heterocycles. The van der Waals surface area contributed by atoms with Gasteiger partial charge in [0, 0.05) is 24.6 Å². The summed E-state index contributed by atoms with van der Waals surface area (Å²) in [6, 6.07) is -4.77. The fraction of sp³-hybridized carbons (Fsp3) is 1.00. The van der Waals surface area contributed by atoms with Crippen LogP contribution < -0.4 is 0 Å². The molecule has 26 nitrogen and oxygen atoms in total. The van der Waals surface area contributed by atoms with E-state index >= 15 is 0 Å². The Morgan fingerprint density at radius 1 is 0.635 bits per heavy atom. The summed E-state index contributed by atoms with van der Waals surface area (Å²) < 4.78 is 36.0. The molecule has 5 N–H and O–H groups in total. The topological polar surface area (TPSA) is 400 Å². The van der Waals surface area contributed by atoms with E-state index in [1.54, 1.807) is 0 Å². The van der Waals surface area contributed by atoms with Crippen LogP contribution >= 0.6 is 0 Å². The normalized spacial score (nSPS) is 43.7. The number of nitrogens with zero attached hydrogens (tertiary/aromatic N) is 15. The Hall–Kier alpha value is -3.89. The molecule has 2 saturated carbocycles. The van der Waals surface area contributed by atoms with Crippen molar-refractivity contribution in [2.24, 2.45) is 31.0 Å². The SMILES string of the molecule is CC1(C2CCC(N=[N+]=[N-])C(OC3C(N=[N+]=[N-])CC(N=[N+]=[N-])C(O)C3OC3OC(CO)C(OC4OC(CN=[N+]=[N-])C(O)C(O)C4N=[N+]=[N-])C3O)O2)CC1. The first kappa shape index (κ1) is 39.3. The highest BCUT2D eigenvalue weighted by Gasteiger charge is 2.55. The van der Waals surface area contributed by atoms with Crippen LogP contribution in [0, 0.1) is 5.41 Å². The average molecular weight is 738 g/mol. The van der Waals surface area contributed by atoms with Crippen molar-refractivity contribution in [1.82, 2.24) is 0 Å². The predicted octanol–water partition coefficient (Wildman–Crippen LogP) is 1.76. The van der Waals surface area contributed by atoms with Crippen molar-refractivity contribution in [1.29, 1.82) is 0 Å². The summed E-state index contributed by atoms with van der Waals surface area (Å²) in [5.74, 6) is 0. The van der Waals surface area contributed by atoms with Gasteiger partial charge in [-0.05, 0) is 65.2 Å². The summed E-state index contributed by atoms with van der Waals surface area (Å²) in [5.41, 5.74) is 45.6. The molecule has 0 aromatic rings. The minimum atomic E-state index is -1.81. The van der Waals surface area contributed by atoms with Crippen LogP contribution in [0.5, 0.6) is 0 Å². The van der Waals surface area contributed by atoms with Crippen LogP contribution in [0.15, 0.2) is 25.6 Å². The van der Waals surface area contributed by atoms with E-state index in [0.717, 1.165) is 12.8 Å². The smallest absolute Gasteiger partial charge is 0.187 e. The molecule has 5 aliphatic rings. The maximum Gasteiger partial charge on any atom is 0.187 e. The molecule has 0 aromatic carbocycles. The van der Waals surface area contributed by atoms with Crippen molar-refractivity contribution >= 4 is 0 Å². The highest BCUT2D eigenvalue weighted by Crippen LogP contribution is 2.52. The highest BCUT2D eigenvalue weighted by molar-refractivity contribution is 5.04. The maximum atomic E-state index is 11.5. The second-order valence-electron chi connectivity index (χ2n) is 13.4. The Morgan fingerprint density at radius 3 is 1.88 bits per heavy atom. The van der Waals surface area contributed by atoms with E-state index in [0.29, 0.717) is 12.8 Å². The van der Waals surface area contributed by atoms with Gasteiger partial charge in [0.15, 0.2) is 18.9 Å². The number of hydrogen-bond acceptors (Lipinski definition) is 16. The molecule has 52 heavy (non-hydrogen) atoms. The quantitative estimate of drug-likeness (QED) is 0.0971. The Balaban J connectivity index is 1.42. The summed E-state index contributed by atoms with van der Waals surface area (Å²) in [6.07, 6.45) is -16.3. The molecular formula is C26H39N15O11. The molecule has 0 spiro atoms. The standard InChI is InChI=1S/C26H39N15O11/c1-26(4-5-26)14-3-2-9(33-38-28)23(49-14)50-20-11(35-40-30)6-10(34-39-29)16(43)22(20)52-25-19(46)21(13(8-42)48-25)51-24-15(36-41-31)18(45)17(44)12(47-24)7-32-37-27/h9-25,42-46H,2-8H2,1H3. The zero-order valence-electron chi connectivity index (χ0n) is 27.7. The van der Waals surface area contributed by atoms with E-state index in [-0.39, 0.29) is 17.9 Å². The molecule has 0 bridgehead atoms. The van der Waals surface area contributed by atoms with E-state index in [2.05, 4.69) is 57.1 Å². The Bertz CT molecular complexity index is 1510. The van der Waals surface area contributed by atoms with E-state index in [4.69, 9.17) is 39.5 Å². The molecule has 17 atom stereocenters. The van der Waals surface area contributed by atoms with E-state index in [9.17, 15) is 42.1 Å². The number of aliphatic hydroxyl groups excluding tert-OH is 5. The van der Waals surface area contributed by atoms with Gasteiger partial charge in [-0.25, -0.2) is 0 Å². The van der Waals surface area contributed by atoms with Gasteiger partial charge in [0.2, 0.25) is 0 Å². The molecule has 0 amide bonds. The minimum absolute atomic E-state index is 0.117. The third-order valence-electron chi connectivity index (χ3n) is 10.2. The number of aliphatic hydroxyl groups is 5. The third kappa shape index (κ3) is 8.33. The van der Waals surface area contributed by atoms with Gasteiger partial charge in [-0.3, -0.25) is 0 Å². The fourth-order valence-electron chi connectivity index (χ4n) is 7.03. The molecule has 3 heterocycles. The lowest BCUT2D eigenvalue weighted by Crippen LogP contribution is -2.60. The molecule has 17 unspecified atom stereocenters. The molecule has 0 radical (unpaired) electrons. The van der Waals surface area contributed by atoms with Crippen molar-refractivity contribution < 1.29 is 54.0 Å². The largest absolute Gasteiger partial charge is 0.394 e. The van der Waals surface area contributed by atoms with E-state index in [1.165, 1.54) is 0 Å². The van der Waals surface area contributed by atoms with Crippen LogP contribution in [0.1, 0.15) is 39.0 Å². The lowest BCUT2D eigenvalue weighted by molar-refractivity contribution is -0.292. The lowest BCUT2D eigenvalue weighted by atomic mass is 9.84. The summed E-state index contributed by atoms with van der Waals surface area (Å²) >= 11 is 0. The minimum Gasteiger partial charge on any atom is -0.394 e. The van der Waals surface area contributed by atoms with Gasteiger partial charge in [0.05, 0.1) is 61.8 Å². The second-order valence-corrected chi connectivity index (χ2v) is 13.4. The first-order chi connectivity index (χ1) is 25.0. The predicted molar refractivity (Wildman–Crippen MR) is 169 cm³/mol. The van der Waals surface area contributed by atoms with Crippen molar-refractivity contribution in [3.63, 3.8) is 0 Å². The highest BCUT2D eigenvalue weighted by atomic mass is 16.8. The van der Waals surface area contributed by atoms with Crippen LogP contribution in [0.3, 0.4) is 0 Å². The summed E-state index contributed by atoms with van der Waals surface area (Å²) in [7, 11) is 0. The van der Waals surface area contributed by atoms with Crippen molar-refractivity contribution in [2.75, 3.05) is 13.2 Å². The average Bonchev–Trinajstić information content (AvgIpc) is 3.82. The van der Waals surface area contributed by atoms with Gasteiger partial charge in [-0.2, -0.15) is 0 Å². The van der Waals surface area contributed by atoms with Gasteiger partial charge in [0.25, 0.3) is 0 Å². The summed E-state index contributed by atoms with van der Waals surface area (Å²) in [6.45, 7) is 0.812. The summed E-state index contributed by atoms with van der Waals surface area (Å²) in [5, 5.41) is 72.2. The first-order valence-electron chi connectivity index (χ1n) is 16.5. The third-order valence-corrected chi connectivity index (χ3v) is 10.2. The van der Waals surface area contributed by atoms with Crippen molar-refractivity contribution in [3.05, 3.63) is 52.2 Å². The van der Waals surface area contributed by atoms with Gasteiger partial charge in [-0.15, -0.1) is 0 Å². The number of azide groups is 5. The Morgan fingerprint density at radius 2 is 1.25 bits per heavy atom. The van der Waals surface area contributed by atoms with Crippen LogP contribution in [0.4, 0.5) is 0 Å². The molecule has 5 rings (SSSR count). The number of ether oxygens (including phenoxy) is 6. The molecule has 3 saturated heterocycles. The Kier molecular flexibility index (Phi) is 13.1. The van der Waals surface area contributed by atoms with Gasteiger partial charge >= 0.3 is 0 Å². The fourth-order valence-corrected chi connectivity index (χ4v) is 7.03. The van der Waals surface area contributed by atoms with Crippen LogP contribution in [-0.2, 0) is 28.4 Å². The van der Waals surface area contributed by atoms with Gasteiger partial charge in [0.1, 0.15) is 36.6 Å².